The number of β-amino-alcohol motifs (C(OH)–C–C–N with tert-alkyl or cyclic N) is 1. The maximum absolute atomic E-state index is 11.3. The lowest BCUT2D eigenvalue weighted by Crippen LogP contribution is -2.60. The van der Waals surface area contributed by atoms with E-state index in [0.29, 0.717) is 37.7 Å². The number of carbonyl (C=O) groups excluding carboxylic acids is 1. The van der Waals surface area contributed by atoms with Crippen molar-refractivity contribution in [1.29, 1.82) is 0 Å². The standard InChI is InChI=1S/C25H23NO2.C16H15NO.C9H8O.C4H8O/c1-18-21-14-8-9-15-22(21)28-24(18)25(27)16-26(17-25)23(19-10-4-2-5-11-19)20-12-6-3-7-13-20;18-15-11-17(12-15)16(13-7-3-1-4-8-13)14-9-5-2-6-10-14;1-7-6-10-9-5-3-2-4-8(7)9;1-2-4-5-3-1/h2-15,23,27H,16-17H2,1H3;1-10,16H,11-12H2;2-6H,1H3;1-4H2. The third-order valence-electron chi connectivity index (χ3n) is 11.6. The molecule has 0 radical (unpaired) electrons. The van der Waals surface area contributed by atoms with Crippen LogP contribution in [0.25, 0.3) is 21.9 Å². The molecule has 2 aromatic heterocycles. The lowest BCUT2D eigenvalue weighted by Gasteiger charge is -2.49. The van der Waals surface area contributed by atoms with Crippen LogP contribution in [0, 0.1) is 13.8 Å². The Bertz CT molecular complexity index is 2500. The number of hydrogen-bond acceptors (Lipinski definition) is 7. The monoisotopic (exact) mass is 810 g/mol. The Morgan fingerprint density at radius 3 is 1.39 bits per heavy atom. The molecule has 3 fully saturated rings. The van der Waals surface area contributed by atoms with Crippen LogP contribution in [-0.2, 0) is 15.1 Å². The number of fused-ring (bicyclic) bond motifs is 2. The minimum absolute atomic E-state index is 0.118. The highest BCUT2D eigenvalue weighted by Gasteiger charge is 2.49. The van der Waals surface area contributed by atoms with Gasteiger partial charge in [-0.25, -0.2) is 0 Å². The molecular weight excluding hydrogens is 757 g/mol. The summed E-state index contributed by atoms with van der Waals surface area (Å²) in [4.78, 5) is 15.8. The van der Waals surface area contributed by atoms with Crippen molar-refractivity contribution in [2.75, 3.05) is 39.4 Å². The highest BCUT2D eigenvalue weighted by Crippen LogP contribution is 2.43. The largest absolute Gasteiger partial charge is 0.464 e. The van der Waals surface area contributed by atoms with Crippen LogP contribution in [-0.4, -0.2) is 60.1 Å². The van der Waals surface area contributed by atoms with Crippen molar-refractivity contribution in [3.8, 4) is 0 Å². The number of nitrogens with zero attached hydrogens (tertiary/aromatic N) is 2. The fourth-order valence-corrected chi connectivity index (χ4v) is 8.55. The number of furan rings is 2. The van der Waals surface area contributed by atoms with E-state index in [2.05, 4.69) is 88.7 Å². The van der Waals surface area contributed by atoms with E-state index in [4.69, 9.17) is 13.6 Å². The SMILES string of the molecule is C1CCOC1.Cc1c(C2(O)CN(C(c3ccccc3)c3ccccc3)C2)oc2ccccc12.Cc1coc2ccccc12.O=C1CN(C(c2ccccc2)c2ccccc2)C1. The molecule has 0 unspecified atom stereocenters. The van der Waals surface area contributed by atoms with E-state index in [1.807, 2.05) is 105 Å². The number of aliphatic hydroxyl groups is 1. The molecule has 3 aliphatic heterocycles. The Labute approximate surface area is 358 Å². The second kappa shape index (κ2) is 19.5. The number of rotatable bonds is 7. The summed E-state index contributed by atoms with van der Waals surface area (Å²) < 4.78 is 16.3. The Kier molecular flexibility index (Phi) is 13.3. The van der Waals surface area contributed by atoms with Gasteiger partial charge in [0.2, 0.25) is 0 Å². The molecule has 7 nitrogen and oxygen atoms in total. The smallest absolute Gasteiger partial charge is 0.160 e. The average molecular weight is 811 g/mol. The van der Waals surface area contributed by atoms with Crippen molar-refractivity contribution < 1.29 is 23.5 Å². The summed E-state index contributed by atoms with van der Waals surface area (Å²) in [6.07, 6.45) is 4.34. The van der Waals surface area contributed by atoms with Gasteiger partial charge in [0.1, 0.15) is 22.5 Å². The molecular formula is C54H54N2O5. The molecule has 0 bridgehead atoms. The fraction of sp³-hybridized carbons (Fsp3) is 0.241. The molecule has 0 saturated carbocycles. The van der Waals surface area contributed by atoms with Crippen LogP contribution in [0.5, 0.6) is 0 Å². The van der Waals surface area contributed by atoms with Crippen molar-refractivity contribution >= 4 is 27.7 Å². The number of carbonyl (C=O) groups is 1. The number of likely N-dealkylation sites (tertiary alicyclic amines) is 2. The average Bonchev–Trinajstić information content (AvgIpc) is 4.08. The van der Waals surface area contributed by atoms with Gasteiger partial charge < -0.3 is 18.7 Å². The highest BCUT2D eigenvalue weighted by molar-refractivity contribution is 5.88. The van der Waals surface area contributed by atoms with Crippen molar-refractivity contribution in [3.05, 3.63) is 215 Å². The van der Waals surface area contributed by atoms with Gasteiger partial charge in [-0.3, -0.25) is 14.6 Å². The molecule has 61 heavy (non-hydrogen) atoms. The summed E-state index contributed by atoms with van der Waals surface area (Å²) in [5.41, 5.74) is 8.06. The minimum Gasteiger partial charge on any atom is -0.464 e. The van der Waals surface area contributed by atoms with E-state index < -0.39 is 5.60 Å². The maximum atomic E-state index is 11.3. The summed E-state index contributed by atoms with van der Waals surface area (Å²) in [6.45, 7) is 8.30. The van der Waals surface area contributed by atoms with Crippen LogP contribution in [0.2, 0.25) is 0 Å². The number of ether oxygens (including phenoxy) is 1. The molecule has 6 aromatic carbocycles. The summed E-state index contributed by atoms with van der Waals surface area (Å²) >= 11 is 0. The molecule has 3 aliphatic rings. The van der Waals surface area contributed by atoms with Gasteiger partial charge in [0, 0.05) is 42.6 Å². The molecule has 0 atom stereocenters. The van der Waals surface area contributed by atoms with Crippen molar-refractivity contribution in [1.82, 2.24) is 9.80 Å². The van der Waals surface area contributed by atoms with Gasteiger partial charge in [0.05, 0.1) is 31.4 Å². The fourth-order valence-electron chi connectivity index (χ4n) is 8.55. The van der Waals surface area contributed by atoms with Crippen LogP contribution in [0.15, 0.2) is 185 Å². The summed E-state index contributed by atoms with van der Waals surface area (Å²) in [6, 6.07) is 58.0. The summed E-state index contributed by atoms with van der Waals surface area (Å²) in [5, 5.41) is 13.6. The normalized spacial score (nSPS) is 15.9. The Morgan fingerprint density at radius 1 is 0.541 bits per heavy atom. The molecule has 0 spiro atoms. The van der Waals surface area contributed by atoms with E-state index in [-0.39, 0.29) is 12.1 Å². The third-order valence-corrected chi connectivity index (χ3v) is 11.6. The second-order valence-electron chi connectivity index (χ2n) is 16.1. The summed E-state index contributed by atoms with van der Waals surface area (Å²) in [7, 11) is 0. The van der Waals surface area contributed by atoms with Gasteiger partial charge in [-0.15, -0.1) is 0 Å². The van der Waals surface area contributed by atoms with Gasteiger partial charge in [0.15, 0.2) is 5.78 Å². The van der Waals surface area contributed by atoms with Crippen molar-refractivity contribution in [2.24, 2.45) is 0 Å². The number of para-hydroxylation sites is 2. The van der Waals surface area contributed by atoms with Crippen molar-refractivity contribution in [2.45, 2.75) is 44.4 Å². The quantitative estimate of drug-likeness (QED) is 0.172. The molecule has 0 amide bonds. The first-order valence-electron chi connectivity index (χ1n) is 21.3. The first-order chi connectivity index (χ1) is 29.9. The van der Waals surface area contributed by atoms with Gasteiger partial charge in [-0.2, -0.15) is 0 Å². The zero-order valence-corrected chi connectivity index (χ0v) is 35.0. The van der Waals surface area contributed by atoms with Crippen LogP contribution in [0.4, 0.5) is 0 Å². The number of ketones is 1. The lowest BCUT2D eigenvalue weighted by atomic mass is 9.84. The van der Waals surface area contributed by atoms with Gasteiger partial charge >= 0.3 is 0 Å². The Balaban J connectivity index is 0.000000131. The molecule has 310 valence electrons. The first-order valence-corrected chi connectivity index (χ1v) is 21.3. The van der Waals surface area contributed by atoms with Crippen LogP contribution in [0.3, 0.4) is 0 Å². The van der Waals surface area contributed by atoms with E-state index in [1.54, 1.807) is 6.26 Å². The van der Waals surface area contributed by atoms with E-state index in [9.17, 15) is 9.90 Å². The van der Waals surface area contributed by atoms with Crippen molar-refractivity contribution in [3.63, 3.8) is 0 Å². The number of benzene rings is 6. The molecule has 1 N–H and O–H groups in total. The molecule has 8 aromatic rings. The number of hydrogen-bond donors (Lipinski definition) is 1. The van der Waals surface area contributed by atoms with E-state index >= 15 is 0 Å². The Hall–Kier alpha value is -6.09. The Morgan fingerprint density at radius 2 is 0.967 bits per heavy atom. The highest BCUT2D eigenvalue weighted by atomic mass is 16.5. The molecule has 7 heteroatoms. The van der Waals surface area contributed by atoms with Gasteiger partial charge in [0.25, 0.3) is 0 Å². The lowest BCUT2D eigenvalue weighted by molar-refractivity contribution is -0.130. The van der Waals surface area contributed by atoms with E-state index in [1.165, 1.54) is 46.0 Å². The molecule has 3 saturated heterocycles. The minimum atomic E-state index is -0.953. The van der Waals surface area contributed by atoms with Crippen LogP contribution < -0.4 is 0 Å². The second-order valence-corrected chi connectivity index (χ2v) is 16.1. The van der Waals surface area contributed by atoms with Crippen LogP contribution >= 0.6 is 0 Å². The zero-order chi connectivity index (χ0) is 42.0. The molecule has 0 aliphatic carbocycles. The van der Waals surface area contributed by atoms with Gasteiger partial charge in [-0.1, -0.05) is 158 Å². The number of aryl methyl sites for hydroxylation is 2. The zero-order valence-electron chi connectivity index (χ0n) is 35.0. The topological polar surface area (TPSA) is 79.3 Å². The van der Waals surface area contributed by atoms with Gasteiger partial charge in [-0.05, 0) is 66.6 Å². The first kappa shape index (κ1) is 41.6. The molecule has 11 rings (SSSR count). The predicted octanol–water partition coefficient (Wildman–Crippen LogP) is 11.2. The van der Waals surface area contributed by atoms with E-state index in [0.717, 1.165) is 35.3 Å². The van der Waals surface area contributed by atoms with Crippen LogP contribution in [0.1, 0.15) is 64.1 Å². The molecule has 5 heterocycles. The number of Topliss-reactive ketones (excluding diaryl/α,β-unsaturated/α-hetero) is 1. The third kappa shape index (κ3) is 9.77. The maximum Gasteiger partial charge on any atom is 0.160 e. The predicted molar refractivity (Wildman–Crippen MR) is 243 cm³/mol. The summed E-state index contributed by atoms with van der Waals surface area (Å²) in [5.74, 6) is 1.02.